The van der Waals surface area contributed by atoms with Gasteiger partial charge in [-0.2, -0.15) is 0 Å². The van der Waals surface area contributed by atoms with Crippen molar-refractivity contribution in [1.82, 2.24) is 5.32 Å². The summed E-state index contributed by atoms with van der Waals surface area (Å²) in [7, 11) is 0. The molecule has 0 heterocycles. The molecule has 0 aliphatic carbocycles. The Balaban J connectivity index is 4.26. The fraction of sp³-hybridized carbons (Fsp3) is 0.636. The normalized spacial score (nSPS) is 14.2. The Hall–Kier alpha value is -1.52. The molecule has 2 amide bonds. The summed E-state index contributed by atoms with van der Waals surface area (Å²) in [6, 6.07) is -0.303. The second kappa shape index (κ2) is 5.53. The van der Waals surface area contributed by atoms with Gasteiger partial charge in [-0.1, -0.05) is 6.08 Å². The van der Waals surface area contributed by atoms with E-state index in [1.54, 1.807) is 40.7 Å². The number of alkyl carbamates (subject to hydrolysis) is 1. The van der Waals surface area contributed by atoms with E-state index in [1.807, 2.05) is 0 Å². The number of hydrogen-bond acceptors (Lipinski definition) is 3. The SMILES string of the molecule is CC(=CC(C)NC(=O)OC(C)(C)C)C(N)=O. The predicted molar refractivity (Wildman–Crippen MR) is 61.8 cm³/mol. The van der Waals surface area contributed by atoms with Crippen LogP contribution in [0.4, 0.5) is 4.79 Å². The molecule has 0 rings (SSSR count). The summed E-state index contributed by atoms with van der Waals surface area (Å²) in [5, 5.41) is 2.58. The fourth-order valence-corrected chi connectivity index (χ4v) is 0.992. The Morgan fingerprint density at radius 2 is 1.88 bits per heavy atom. The molecule has 0 saturated carbocycles. The van der Waals surface area contributed by atoms with Gasteiger partial charge in [-0.25, -0.2) is 4.79 Å². The zero-order valence-corrected chi connectivity index (χ0v) is 10.5. The van der Waals surface area contributed by atoms with Crippen LogP contribution in [-0.2, 0) is 9.53 Å². The van der Waals surface area contributed by atoms with Gasteiger partial charge in [-0.15, -0.1) is 0 Å². The lowest BCUT2D eigenvalue weighted by Gasteiger charge is -2.21. The zero-order valence-electron chi connectivity index (χ0n) is 10.5. The first-order chi connectivity index (χ1) is 7.11. The van der Waals surface area contributed by atoms with E-state index < -0.39 is 17.6 Å². The van der Waals surface area contributed by atoms with E-state index >= 15 is 0 Å². The Morgan fingerprint density at radius 3 is 2.25 bits per heavy atom. The summed E-state index contributed by atoms with van der Waals surface area (Å²) >= 11 is 0. The quantitative estimate of drug-likeness (QED) is 0.715. The molecule has 0 radical (unpaired) electrons. The number of carbonyl (C=O) groups is 2. The first kappa shape index (κ1) is 14.5. The van der Waals surface area contributed by atoms with Crippen molar-refractivity contribution in [2.24, 2.45) is 5.73 Å². The molecule has 16 heavy (non-hydrogen) atoms. The van der Waals surface area contributed by atoms with Crippen molar-refractivity contribution in [3.63, 3.8) is 0 Å². The first-order valence-corrected chi connectivity index (χ1v) is 5.09. The zero-order chi connectivity index (χ0) is 12.9. The van der Waals surface area contributed by atoms with Crippen molar-refractivity contribution < 1.29 is 14.3 Å². The van der Waals surface area contributed by atoms with Gasteiger partial charge in [0.2, 0.25) is 5.91 Å². The Bertz CT molecular complexity index is 303. The van der Waals surface area contributed by atoms with Gasteiger partial charge in [0.1, 0.15) is 5.60 Å². The molecule has 0 spiro atoms. The van der Waals surface area contributed by atoms with Crippen molar-refractivity contribution in [1.29, 1.82) is 0 Å². The third-order valence-corrected chi connectivity index (χ3v) is 1.63. The molecular weight excluding hydrogens is 208 g/mol. The summed E-state index contributed by atoms with van der Waals surface area (Å²) in [6.07, 6.45) is 1.06. The largest absolute Gasteiger partial charge is 0.444 e. The molecule has 0 saturated heterocycles. The minimum absolute atomic E-state index is 0.303. The molecule has 0 aromatic heterocycles. The van der Waals surface area contributed by atoms with E-state index in [0.29, 0.717) is 5.57 Å². The van der Waals surface area contributed by atoms with Gasteiger partial charge in [0.05, 0.1) is 0 Å². The summed E-state index contributed by atoms with van der Waals surface area (Å²) in [5.74, 6) is -0.502. The lowest BCUT2D eigenvalue weighted by atomic mass is 10.2. The van der Waals surface area contributed by atoms with E-state index in [4.69, 9.17) is 10.5 Å². The van der Waals surface area contributed by atoms with Crippen LogP contribution in [0.15, 0.2) is 11.6 Å². The number of amides is 2. The number of hydrogen-bond donors (Lipinski definition) is 2. The van der Waals surface area contributed by atoms with Crippen molar-refractivity contribution >= 4 is 12.0 Å². The van der Waals surface area contributed by atoms with Gasteiger partial charge in [0.25, 0.3) is 0 Å². The van der Waals surface area contributed by atoms with E-state index in [0.717, 1.165) is 0 Å². The lowest BCUT2D eigenvalue weighted by Crippen LogP contribution is -2.37. The summed E-state index contributed by atoms with van der Waals surface area (Å²) < 4.78 is 5.05. The number of nitrogens with two attached hydrogens (primary N) is 1. The topological polar surface area (TPSA) is 81.4 Å². The van der Waals surface area contributed by atoms with E-state index in [-0.39, 0.29) is 6.04 Å². The highest BCUT2D eigenvalue weighted by Crippen LogP contribution is 2.07. The van der Waals surface area contributed by atoms with Crippen LogP contribution in [0.25, 0.3) is 0 Å². The third-order valence-electron chi connectivity index (χ3n) is 1.63. The maximum atomic E-state index is 11.3. The molecule has 0 fully saturated rings. The standard InChI is InChI=1S/C11H20N2O3/c1-7(9(12)14)6-8(2)13-10(15)16-11(3,4)5/h6,8H,1-5H3,(H2,12,14)(H,13,15). The summed E-state index contributed by atoms with van der Waals surface area (Å²) in [4.78, 5) is 22.1. The Morgan fingerprint density at radius 1 is 1.38 bits per heavy atom. The Kier molecular flexibility index (Phi) is 5.01. The van der Waals surface area contributed by atoms with Gasteiger partial charge in [0, 0.05) is 11.6 Å². The third kappa shape index (κ3) is 6.86. The van der Waals surface area contributed by atoms with Gasteiger partial charge in [-0.05, 0) is 34.6 Å². The van der Waals surface area contributed by atoms with Gasteiger partial charge >= 0.3 is 6.09 Å². The maximum Gasteiger partial charge on any atom is 0.408 e. The van der Waals surface area contributed by atoms with Crippen molar-refractivity contribution in [2.45, 2.75) is 46.3 Å². The maximum absolute atomic E-state index is 11.3. The molecule has 92 valence electrons. The molecule has 1 unspecified atom stereocenters. The van der Waals surface area contributed by atoms with E-state index in [9.17, 15) is 9.59 Å². The second-order valence-electron chi connectivity index (χ2n) is 4.65. The molecular formula is C11H20N2O3. The van der Waals surface area contributed by atoms with Crippen LogP contribution >= 0.6 is 0 Å². The highest BCUT2D eigenvalue weighted by Gasteiger charge is 2.17. The average Bonchev–Trinajstić information content (AvgIpc) is 1.98. The molecule has 5 nitrogen and oxygen atoms in total. The average molecular weight is 228 g/mol. The van der Waals surface area contributed by atoms with Crippen LogP contribution in [0.2, 0.25) is 0 Å². The molecule has 0 aromatic carbocycles. The summed E-state index contributed by atoms with van der Waals surface area (Å²) in [5.41, 5.74) is 4.94. The molecule has 0 aliphatic heterocycles. The van der Waals surface area contributed by atoms with Gasteiger partial charge in [-0.3, -0.25) is 4.79 Å². The van der Waals surface area contributed by atoms with Crippen LogP contribution in [0.5, 0.6) is 0 Å². The second-order valence-corrected chi connectivity index (χ2v) is 4.65. The summed E-state index contributed by atoms with van der Waals surface area (Å²) in [6.45, 7) is 8.66. The van der Waals surface area contributed by atoms with Crippen LogP contribution in [0, 0.1) is 0 Å². The van der Waals surface area contributed by atoms with Gasteiger partial charge < -0.3 is 15.8 Å². The van der Waals surface area contributed by atoms with Crippen molar-refractivity contribution in [2.75, 3.05) is 0 Å². The number of carbonyl (C=O) groups excluding carboxylic acids is 2. The minimum Gasteiger partial charge on any atom is -0.444 e. The van der Waals surface area contributed by atoms with Crippen LogP contribution in [0.3, 0.4) is 0 Å². The predicted octanol–water partition coefficient (Wildman–Crippen LogP) is 1.33. The van der Waals surface area contributed by atoms with E-state index in [2.05, 4.69) is 5.32 Å². The lowest BCUT2D eigenvalue weighted by molar-refractivity contribution is -0.114. The Labute approximate surface area is 96.0 Å². The first-order valence-electron chi connectivity index (χ1n) is 5.09. The monoisotopic (exact) mass is 228 g/mol. The molecule has 0 aromatic rings. The highest BCUT2D eigenvalue weighted by atomic mass is 16.6. The molecule has 0 bridgehead atoms. The number of ether oxygens (including phenoxy) is 1. The molecule has 1 atom stereocenters. The number of nitrogens with one attached hydrogen (secondary N) is 1. The highest BCUT2D eigenvalue weighted by molar-refractivity contribution is 5.91. The van der Waals surface area contributed by atoms with Crippen molar-refractivity contribution in [3.8, 4) is 0 Å². The molecule has 3 N–H and O–H groups in total. The van der Waals surface area contributed by atoms with E-state index in [1.165, 1.54) is 0 Å². The van der Waals surface area contributed by atoms with Gasteiger partial charge in [0.15, 0.2) is 0 Å². The number of rotatable bonds is 3. The fourth-order valence-electron chi connectivity index (χ4n) is 0.992. The molecule has 5 heteroatoms. The smallest absolute Gasteiger partial charge is 0.408 e. The van der Waals surface area contributed by atoms with Crippen LogP contribution in [0.1, 0.15) is 34.6 Å². The molecule has 0 aliphatic rings. The minimum atomic E-state index is -0.535. The number of primary amides is 1. The van der Waals surface area contributed by atoms with Crippen LogP contribution < -0.4 is 11.1 Å². The van der Waals surface area contributed by atoms with Crippen molar-refractivity contribution in [3.05, 3.63) is 11.6 Å². The van der Waals surface area contributed by atoms with Crippen LogP contribution in [-0.4, -0.2) is 23.6 Å².